The second-order valence-electron chi connectivity index (χ2n) is 7.42. The van der Waals surface area contributed by atoms with Gasteiger partial charge in [-0.2, -0.15) is 0 Å². The minimum atomic E-state index is -0.958. The molecule has 0 saturated carbocycles. The molecule has 25 heavy (non-hydrogen) atoms. The predicted octanol–water partition coefficient (Wildman–Crippen LogP) is 2.09. The van der Waals surface area contributed by atoms with E-state index in [2.05, 4.69) is 12.2 Å². The van der Waals surface area contributed by atoms with Crippen LogP contribution >= 0.6 is 11.3 Å². The van der Waals surface area contributed by atoms with Gasteiger partial charge in [0.15, 0.2) is 0 Å². The van der Waals surface area contributed by atoms with Gasteiger partial charge in [0, 0.05) is 23.5 Å². The molecule has 0 aromatic carbocycles. The summed E-state index contributed by atoms with van der Waals surface area (Å²) in [4.78, 5) is 42.3. The number of thiophene rings is 1. The van der Waals surface area contributed by atoms with Gasteiger partial charge in [-0.3, -0.25) is 14.5 Å². The van der Waals surface area contributed by atoms with Crippen LogP contribution in [0.5, 0.6) is 0 Å². The Hall–Kier alpha value is -1.89. The minimum absolute atomic E-state index is 0.131. The lowest BCUT2D eigenvalue weighted by Crippen LogP contribution is -2.48. The third-order valence-electron chi connectivity index (χ3n) is 5.64. The number of likely N-dealkylation sites (tertiary alicyclic amines) is 1. The molecular weight excluding hydrogens is 338 g/mol. The molecule has 3 aliphatic rings. The summed E-state index contributed by atoms with van der Waals surface area (Å²) in [6.45, 7) is 3.40. The number of piperidine rings is 1. The molecule has 1 aliphatic carbocycles. The van der Waals surface area contributed by atoms with E-state index in [9.17, 15) is 14.4 Å². The Morgan fingerprint density at radius 1 is 1.40 bits per heavy atom. The maximum Gasteiger partial charge on any atom is 0.325 e. The molecule has 1 spiro atoms. The predicted molar refractivity (Wildman–Crippen MR) is 94.2 cm³/mol. The molecule has 3 heterocycles. The van der Waals surface area contributed by atoms with E-state index in [1.54, 1.807) is 16.2 Å². The zero-order valence-corrected chi connectivity index (χ0v) is 15.2. The maximum atomic E-state index is 13.1. The van der Waals surface area contributed by atoms with Crippen molar-refractivity contribution in [2.45, 2.75) is 44.6 Å². The van der Waals surface area contributed by atoms with Gasteiger partial charge in [0.2, 0.25) is 5.91 Å². The van der Waals surface area contributed by atoms with E-state index >= 15 is 0 Å². The first-order chi connectivity index (χ1) is 12.0. The Kier molecular flexibility index (Phi) is 4.06. The number of hydrogen-bond acceptors (Lipinski definition) is 4. The van der Waals surface area contributed by atoms with Crippen molar-refractivity contribution in [1.82, 2.24) is 15.1 Å². The first-order valence-corrected chi connectivity index (χ1v) is 9.88. The van der Waals surface area contributed by atoms with Crippen molar-refractivity contribution >= 4 is 29.2 Å². The molecule has 4 rings (SSSR count). The van der Waals surface area contributed by atoms with Crippen molar-refractivity contribution in [2.75, 3.05) is 19.6 Å². The lowest BCUT2D eigenvalue weighted by Gasteiger charge is -2.32. The second-order valence-corrected chi connectivity index (χ2v) is 8.43. The lowest BCUT2D eigenvalue weighted by molar-refractivity contribution is -0.140. The first-order valence-electron chi connectivity index (χ1n) is 9.00. The van der Waals surface area contributed by atoms with Crippen LogP contribution < -0.4 is 5.32 Å². The monoisotopic (exact) mass is 361 g/mol. The molecule has 2 aliphatic heterocycles. The van der Waals surface area contributed by atoms with E-state index in [0.717, 1.165) is 41.0 Å². The molecule has 2 fully saturated rings. The van der Waals surface area contributed by atoms with Gasteiger partial charge in [-0.05, 0) is 49.5 Å². The van der Waals surface area contributed by atoms with Gasteiger partial charge in [0.25, 0.3) is 5.91 Å². The molecule has 4 amide bonds. The zero-order chi connectivity index (χ0) is 17.6. The van der Waals surface area contributed by atoms with Crippen LogP contribution in [0.3, 0.4) is 0 Å². The summed E-state index contributed by atoms with van der Waals surface area (Å²) in [5.74, 6) is 0.0718. The van der Waals surface area contributed by atoms with Gasteiger partial charge in [0.05, 0.1) is 0 Å². The number of rotatable bonds is 2. The van der Waals surface area contributed by atoms with Crippen LogP contribution in [-0.2, 0) is 21.5 Å². The average molecular weight is 361 g/mol. The van der Waals surface area contributed by atoms with Crippen LogP contribution in [0.25, 0.3) is 0 Å². The Bertz CT molecular complexity index is 731. The molecule has 6 nitrogen and oxygen atoms in total. The minimum Gasteiger partial charge on any atom is -0.341 e. The van der Waals surface area contributed by atoms with Gasteiger partial charge >= 0.3 is 6.03 Å². The fourth-order valence-corrected chi connectivity index (χ4v) is 5.34. The number of carbonyl (C=O) groups excluding carboxylic acids is 3. The quantitative estimate of drug-likeness (QED) is 0.820. The van der Waals surface area contributed by atoms with E-state index in [-0.39, 0.29) is 18.4 Å². The number of nitrogens with one attached hydrogen (secondary N) is 1. The molecular formula is C18H23N3O3S. The standard InChI is InChI=1S/C18H23N3O3S/c1-12-4-3-8-20(10-12)15(22)11-21-16(23)18(19-17(21)24)7-2-5-14-13(18)6-9-25-14/h6,9,12H,2-5,7-8,10-11H2,1H3,(H,19,24)/t12-,18-/m0/s1. The van der Waals surface area contributed by atoms with Gasteiger partial charge in [-0.15, -0.1) is 11.3 Å². The van der Waals surface area contributed by atoms with Crippen molar-refractivity contribution in [2.24, 2.45) is 5.92 Å². The number of imide groups is 1. The number of amides is 4. The molecule has 134 valence electrons. The van der Waals surface area contributed by atoms with E-state index in [1.165, 1.54) is 0 Å². The molecule has 0 unspecified atom stereocenters. The van der Waals surface area contributed by atoms with Crippen molar-refractivity contribution < 1.29 is 14.4 Å². The smallest absolute Gasteiger partial charge is 0.325 e. The summed E-state index contributed by atoms with van der Waals surface area (Å²) in [7, 11) is 0. The average Bonchev–Trinajstić information content (AvgIpc) is 3.16. The number of nitrogens with zero attached hydrogens (tertiary/aromatic N) is 2. The zero-order valence-electron chi connectivity index (χ0n) is 14.4. The summed E-state index contributed by atoms with van der Waals surface area (Å²) in [5.41, 5.74) is -0.0382. The van der Waals surface area contributed by atoms with Crippen molar-refractivity contribution in [3.8, 4) is 0 Å². The number of fused-ring (bicyclic) bond motifs is 2. The summed E-state index contributed by atoms with van der Waals surface area (Å²) < 4.78 is 0. The molecule has 1 N–H and O–H groups in total. The van der Waals surface area contributed by atoms with Crippen molar-refractivity contribution in [1.29, 1.82) is 0 Å². The molecule has 1 aromatic heterocycles. The van der Waals surface area contributed by atoms with Crippen molar-refractivity contribution in [3.05, 3.63) is 21.9 Å². The normalized spacial score (nSPS) is 29.1. The van der Waals surface area contributed by atoms with Gasteiger partial charge in [0.1, 0.15) is 12.1 Å². The fourth-order valence-electron chi connectivity index (χ4n) is 4.34. The van der Waals surface area contributed by atoms with E-state index in [1.807, 2.05) is 11.4 Å². The Balaban J connectivity index is 1.54. The Labute approximate surface area is 151 Å². The van der Waals surface area contributed by atoms with Crippen LogP contribution in [0.2, 0.25) is 0 Å². The molecule has 0 bridgehead atoms. The number of urea groups is 1. The highest BCUT2D eigenvalue weighted by Crippen LogP contribution is 2.42. The number of aryl methyl sites for hydroxylation is 1. The SMILES string of the molecule is C[C@H]1CCCN(C(=O)CN2C(=O)N[C@]3(CCCc4sccc43)C2=O)C1. The molecule has 0 radical (unpaired) electrons. The molecule has 2 saturated heterocycles. The topological polar surface area (TPSA) is 69.7 Å². The van der Waals surface area contributed by atoms with Crippen LogP contribution in [0.1, 0.15) is 43.0 Å². The third kappa shape index (κ3) is 2.65. The lowest BCUT2D eigenvalue weighted by atomic mass is 9.80. The van der Waals surface area contributed by atoms with Crippen molar-refractivity contribution in [3.63, 3.8) is 0 Å². The number of carbonyl (C=O) groups is 3. The highest BCUT2D eigenvalue weighted by Gasteiger charge is 2.54. The summed E-state index contributed by atoms with van der Waals surface area (Å²) >= 11 is 1.63. The molecule has 2 atom stereocenters. The van der Waals surface area contributed by atoms with Gasteiger partial charge < -0.3 is 10.2 Å². The highest BCUT2D eigenvalue weighted by molar-refractivity contribution is 7.10. The summed E-state index contributed by atoms with van der Waals surface area (Å²) in [6, 6.07) is 1.50. The summed E-state index contributed by atoms with van der Waals surface area (Å²) in [5, 5.41) is 4.87. The largest absolute Gasteiger partial charge is 0.341 e. The van der Waals surface area contributed by atoms with Crippen LogP contribution in [0.4, 0.5) is 4.79 Å². The van der Waals surface area contributed by atoms with E-state index in [4.69, 9.17) is 0 Å². The van der Waals surface area contributed by atoms with E-state index < -0.39 is 11.6 Å². The van der Waals surface area contributed by atoms with Gasteiger partial charge in [-0.1, -0.05) is 6.92 Å². The third-order valence-corrected chi connectivity index (χ3v) is 6.62. The van der Waals surface area contributed by atoms with Crippen LogP contribution in [-0.4, -0.2) is 47.3 Å². The highest BCUT2D eigenvalue weighted by atomic mass is 32.1. The Morgan fingerprint density at radius 3 is 3.04 bits per heavy atom. The molecule has 7 heteroatoms. The second kappa shape index (κ2) is 6.12. The first kappa shape index (κ1) is 16.6. The van der Waals surface area contributed by atoms with Crippen LogP contribution in [0, 0.1) is 5.92 Å². The van der Waals surface area contributed by atoms with E-state index in [0.29, 0.717) is 25.4 Å². The number of hydrogen-bond donors (Lipinski definition) is 1. The summed E-state index contributed by atoms with van der Waals surface area (Å²) in [6.07, 6.45) is 4.52. The Morgan fingerprint density at radius 2 is 2.24 bits per heavy atom. The maximum absolute atomic E-state index is 13.1. The fraction of sp³-hybridized carbons (Fsp3) is 0.611. The molecule has 1 aromatic rings. The van der Waals surface area contributed by atoms with Crippen LogP contribution in [0.15, 0.2) is 11.4 Å². The van der Waals surface area contributed by atoms with Gasteiger partial charge in [-0.25, -0.2) is 4.79 Å².